The van der Waals surface area contributed by atoms with E-state index in [9.17, 15) is 14.3 Å². The van der Waals surface area contributed by atoms with Crippen molar-refractivity contribution < 1.29 is 26.4 Å². The maximum Gasteiger partial charge on any atom is 0.257 e. The summed E-state index contributed by atoms with van der Waals surface area (Å²) in [6, 6.07) is 4.18. The van der Waals surface area contributed by atoms with Crippen molar-refractivity contribution in [2.45, 2.75) is 57.4 Å². The van der Waals surface area contributed by atoms with E-state index in [1.807, 2.05) is 0 Å². The van der Waals surface area contributed by atoms with E-state index in [0.29, 0.717) is 42.6 Å². The minimum Gasteiger partial charge on any atom is -0.385 e. The molecule has 1 saturated heterocycles. The topological polar surface area (TPSA) is 84.4 Å². The van der Waals surface area contributed by atoms with Crippen LogP contribution in [0.25, 0.3) is 11.0 Å². The predicted octanol–water partition coefficient (Wildman–Crippen LogP) is 3.08. The Balaban J connectivity index is 1.43. The number of aliphatic hydroxyl groups is 1. The van der Waals surface area contributed by atoms with Gasteiger partial charge in [-0.3, -0.25) is 9.36 Å². The summed E-state index contributed by atoms with van der Waals surface area (Å²) < 4.78 is 93.1. The zero-order chi connectivity index (χ0) is 29.6. The Hall–Kier alpha value is -2.58. The zero-order valence-corrected chi connectivity index (χ0v) is 16.8. The molecule has 0 spiro atoms. The number of aryl methyl sites for hydroxylation is 1. The summed E-state index contributed by atoms with van der Waals surface area (Å²) in [7, 11) is 0. The van der Waals surface area contributed by atoms with Crippen molar-refractivity contribution in [1.82, 2.24) is 19.6 Å². The molecule has 1 unspecified atom stereocenters. The third kappa shape index (κ3) is 3.78. The van der Waals surface area contributed by atoms with Crippen LogP contribution >= 0.6 is 0 Å². The molecule has 1 aromatic carbocycles. The highest BCUT2D eigenvalue weighted by atomic mass is 19.1. The molecule has 0 saturated carbocycles. The maximum absolute atomic E-state index is 13.6. The van der Waals surface area contributed by atoms with Crippen LogP contribution in [-0.4, -0.2) is 44.3 Å². The number of rotatable bonds is 4. The Morgan fingerprint density at radius 1 is 1.42 bits per heavy atom. The lowest BCUT2D eigenvalue weighted by molar-refractivity contribution is 0.129. The Kier molecular flexibility index (Phi) is 3.28. The summed E-state index contributed by atoms with van der Waals surface area (Å²) in [4.78, 5) is 19.2. The van der Waals surface area contributed by atoms with Crippen LogP contribution in [0.4, 0.5) is 4.39 Å². The van der Waals surface area contributed by atoms with Crippen LogP contribution in [-0.2, 0) is 12.9 Å². The van der Waals surface area contributed by atoms with E-state index in [0.717, 1.165) is 0 Å². The van der Waals surface area contributed by atoms with E-state index < -0.39 is 54.5 Å². The van der Waals surface area contributed by atoms with Crippen molar-refractivity contribution in [1.29, 1.82) is 0 Å². The Morgan fingerprint density at radius 3 is 3.03 bits per heavy atom. The molecule has 164 valence electrons. The van der Waals surface area contributed by atoms with Gasteiger partial charge in [0.25, 0.3) is 5.56 Å². The smallest absolute Gasteiger partial charge is 0.257 e. The van der Waals surface area contributed by atoms with Crippen LogP contribution < -0.4 is 5.56 Å². The first-order valence-corrected chi connectivity index (χ1v) is 9.99. The molecule has 3 aromatic rings. The summed E-state index contributed by atoms with van der Waals surface area (Å²) >= 11 is 0. The molecule has 1 atom stereocenters. The number of hydrogen-bond acceptors (Lipinski definition) is 6. The van der Waals surface area contributed by atoms with E-state index in [4.69, 9.17) is 16.9 Å². The van der Waals surface area contributed by atoms with E-state index in [-0.39, 0.29) is 22.7 Å². The average molecular weight is 436 g/mol. The highest BCUT2D eigenvalue weighted by Gasteiger charge is 2.26. The Bertz CT molecular complexity index is 1550. The number of hydrogen-bond donors (Lipinski definition) is 1. The first-order chi connectivity index (χ1) is 18.3. The first kappa shape index (κ1) is 12.5. The summed E-state index contributed by atoms with van der Waals surface area (Å²) in [6.45, 7) is -1.62. The number of aromatic nitrogens is 3. The van der Waals surface area contributed by atoms with Crippen LogP contribution in [0, 0.1) is 12.7 Å². The lowest BCUT2D eigenvalue weighted by Gasteiger charge is -2.31. The number of fused-ring (bicyclic) bond motifs is 2. The molecule has 2 aromatic heterocycles. The molecule has 4 heterocycles. The summed E-state index contributed by atoms with van der Waals surface area (Å²) in [5.74, 6) is -1.50. The van der Waals surface area contributed by atoms with Gasteiger partial charge >= 0.3 is 0 Å². The lowest BCUT2D eigenvalue weighted by Crippen LogP contribution is -2.37. The number of piperidine rings is 1. The maximum atomic E-state index is 13.6. The molecule has 0 radical (unpaired) electrons. The highest BCUT2D eigenvalue weighted by molar-refractivity contribution is 5.79. The molecule has 8 heteroatoms. The van der Waals surface area contributed by atoms with Crippen LogP contribution in [0.2, 0.25) is 0 Å². The molecule has 0 amide bonds. The summed E-state index contributed by atoms with van der Waals surface area (Å²) in [6.07, 6.45) is -11.7. The van der Waals surface area contributed by atoms with Crippen molar-refractivity contribution in [3.8, 4) is 0 Å². The zero-order valence-electron chi connectivity index (χ0n) is 25.8. The quantitative estimate of drug-likeness (QED) is 0.678. The summed E-state index contributed by atoms with van der Waals surface area (Å²) in [5.41, 5.74) is -1.15. The molecular formula is C23H27FN4O3. The fraction of sp³-hybridized carbons (Fsp3) is 0.522. The van der Waals surface area contributed by atoms with Gasteiger partial charge in [-0.15, -0.1) is 0 Å². The van der Waals surface area contributed by atoms with E-state index in [1.165, 1.54) is 19.1 Å². The number of halogens is 1. The second-order valence-electron chi connectivity index (χ2n) is 7.68. The van der Waals surface area contributed by atoms with Gasteiger partial charge in [-0.25, -0.2) is 9.37 Å². The van der Waals surface area contributed by atoms with Gasteiger partial charge < -0.3 is 14.5 Å². The van der Waals surface area contributed by atoms with Crippen molar-refractivity contribution in [3.63, 3.8) is 0 Å². The first-order valence-electron chi connectivity index (χ1n) is 14.5. The lowest BCUT2D eigenvalue weighted by atomic mass is 9.91. The number of benzene rings is 1. The third-order valence-corrected chi connectivity index (χ3v) is 5.74. The minimum absolute atomic E-state index is 0.0224. The third-order valence-electron chi connectivity index (χ3n) is 5.74. The van der Waals surface area contributed by atoms with Gasteiger partial charge in [0.2, 0.25) is 0 Å². The minimum atomic E-state index is -3.55. The van der Waals surface area contributed by atoms with Crippen molar-refractivity contribution in [2.75, 3.05) is 19.6 Å². The van der Waals surface area contributed by atoms with Crippen LogP contribution in [0.15, 0.2) is 27.5 Å². The van der Waals surface area contributed by atoms with Crippen molar-refractivity contribution >= 4 is 11.0 Å². The van der Waals surface area contributed by atoms with E-state index in [2.05, 4.69) is 10.1 Å². The molecule has 0 aliphatic carbocycles. The van der Waals surface area contributed by atoms with E-state index in [1.54, 1.807) is 11.0 Å². The normalized spacial score (nSPS) is 32.3. The molecule has 2 aliphatic heterocycles. The average Bonchev–Trinajstić information content (AvgIpc) is 3.25. The Labute approximate surface area is 192 Å². The largest absolute Gasteiger partial charge is 0.385 e. The molecule has 2 aliphatic rings. The van der Waals surface area contributed by atoms with Crippen LogP contribution in [0.5, 0.6) is 0 Å². The number of nitrogens with zero attached hydrogens (tertiary/aromatic N) is 4. The van der Waals surface area contributed by atoms with Gasteiger partial charge in [-0.1, -0.05) is 5.16 Å². The van der Waals surface area contributed by atoms with Gasteiger partial charge in [0.1, 0.15) is 17.7 Å². The fourth-order valence-corrected chi connectivity index (χ4v) is 4.07. The molecule has 31 heavy (non-hydrogen) atoms. The fourth-order valence-electron chi connectivity index (χ4n) is 4.07. The Morgan fingerprint density at radius 2 is 2.23 bits per heavy atom. The van der Waals surface area contributed by atoms with Crippen LogP contribution in [0.1, 0.15) is 72.7 Å². The molecule has 1 fully saturated rings. The second kappa shape index (κ2) is 8.16. The number of likely N-dealkylation sites (tertiary alicyclic amines) is 1. The monoisotopic (exact) mass is 435 g/mol. The molecular weight excluding hydrogens is 399 g/mol. The predicted molar refractivity (Wildman–Crippen MR) is 114 cm³/mol. The van der Waals surface area contributed by atoms with Gasteiger partial charge in [-0.05, 0) is 64.1 Å². The SMILES string of the molecule is [2H]C([2H])(CN1CCC(c2noc3cc(F)ccc23)CC1)c1c(C)nc2n(c1=O)C([2H])([2H])C([2H])([2H])C([2H])([2H])C2([2H])O. The highest BCUT2D eigenvalue weighted by Crippen LogP contribution is 2.32. The second-order valence-corrected chi connectivity index (χ2v) is 7.68. The van der Waals surface area contributed by atoms with Gasteiger partial charge in [0.15, 0.2) is 5.58 Å². The molecule has 5 rings (SSSR count). The van der Waals surface area contributed by atoms with Gasteiger partial charge in [-0.2, -0.15) is 0 Å². The van der Waals surface area contributed by atoms with Crippen LogP contribution in [0.3, 0.4) is 0 Å². The molecule has 1 N–H and O–H groups in total. The van der Waals surface area contributed by atoms with Crippen molar-refractivity contribution in [2.24, 2.45) is 0 Å². The standard InChI is InChI=1S/C23H27FN4O3/c1-14-17(23(30)28-9-2-3-19(29)22(28)25-14)8-12-27-10-6-15(7-11-27)21-18-5-4-16(24)13-20(18)31-26-21/h4-5,13,15,19,29H,2-3,6-12H2,1H3/i2D2,3D2,8D2,9D2,19D. The van der Waals surface area contributed by atoms with E-state index >= 15 is 0 Å². The molecule has 0 bridgehead atoms. The van der Waals surface area contributed by atoms with Gasteiger partial charge in [0.05, 0.1) is 7.06 Å². The molecule has 7 nitrogen and oxygen atoms in total. The van der Waals surface area contributed by atoms with Crippen molar-refractivity contribution in [3.05, 3.63) is 57.1 Å². The van der Waals surface area contributed by atoms with Gasteiger partial charge in [0, 0.05) is 52.6 Å². The summed E-state index contributed by atoms with van der Waals surface area (Å²) in [5, 5.41) is 15.4.